The van der Waals surface area contributed by atoms with Crippen LogP contribution in [0.5, 0.6) is 0 Å². The zero-order valence-electron chi connectivity index (χ0n) is 14.0. The molecule has 3 rings (SSSR count). The van der Waals surface area contributed by atoms with Gasteiger partial charge >= 0.3 is 0 Å². The van der Waals surface area contributed by atoms with E-state index in [-0.39, 0.29) is 17.6 Å². The maximum Gasteiger partial charge on any atom is 0.264 e. The lowest BCUT2D eigenvalue weighted by molar-refractivity contribution is -0.134. The number of amides is 1. The summed E-state index contributed by atoms with van der Waals surface area (Å²) in [6.45, 7) is 4.76. The van der Waals surface area contributed by atoms with E-state index in [0.717, 1.165) is 24.1 Å². The topological polar surface area (TPSA) is 59.9 Å². The summed E-state index contributed by atoms with van der Waals surface area (Å²) in [5.74, 6) is -0.0949. The predicted octanol–water partition coefficient (Wildman–Crippen LogP) is 3.10. The van der Waals surface area contributed by atoms with Crippen LogP contribution in [0.4, 0.5) is 0 Å². The minimum absolute atomic E-state index is 0.0949. The molecule has 0 spiro atoms. The van der Waals surface area contributed by atoms with Gasteiger partial charge in [0.1, 0.15) is 0 Å². The third-order valence-electron chi connectivity index (χ3n) is 4.36. The molecular formula is C18H23ClN2O3. The number of rotatable bonds is 4. The largest absolute Gasteiger partial charge is 0.382 e. The molecule has 0 bridgehead atoms. The molecule has 1 amide bonds. The van der Waals surface area contributed by atoms with Crippen LogP contribution in [0, 0.1) is 0 Å². The molecule has 24 heavy (non-hydrogen) atoms. The summed E-state index contributed by atoms with van der Waals surface area (Å²) in [4.78, 5) is 17.7. The maximum atomic E-state index is 12.4. The van der Waals surface area contributed by atoms with Crippen molar-refractivity contribution in [2.45, 2.75) is 57.3 Å². The molecule has 130 valence electrons. The molecule has 6 heteroatoms. The van der Waals surface area contributed by atoms with Gasteiger partial charge in [0.15, 0.2) is 0 Å². The fourth-order valence-corrected chi connectivity index (χ4v) is 3.42. The minimum atomic E-state index is -0.537. The highest BCUT2D eigenvalue weighted by Gasteiger charge is 2.33. The van der Waals surface area contributed by atoms with E-state index in [1.54, 1.807) is 0 Å². The van der Waals surface area contributed by atoms with Crippen LogP contribution in [0.3, 0.4) is 0 Å². The van der Waals surface area contributed by atoms with Crippen molar-refractivity contribution in [3.63, 3.8) is 0 Å². The molecule has 0 aliphatic carbocycles. The summed E-state index contributed by atoms with van der Waals surface area (Å²) >= 11 is 6.00. The molecule has 1 N–H and O–H groups in total. The fraction of sp³-hybridized carbons (Fsp3) is 0.556. The molecular weight excluding hydrogens is 328 g/mol. The first kappa shape index (κ1) is 17.2. The summed E-state index contributed by atoms with van der Waals surface area (Å²) in [7, 11) is 0. The van der Waals surface area contributed by atoms with Crippen molar-refractivity contribution in [1.29, 1.82) is 0 Å². The second kappa shape index (κ2) is 7.11. The van der Waals surface area contributed by atoms with Gasteiger partial charge in [0.25, 0.3) is 5.91 Å². The molecule has 0 aromatic heterocycles. The number of nitrogens with zero attached hydrogens (tertiary/aromatic N) is 1. The van der Waals surface area contributed by atoms with Gasteiger partial charge in [0, 0.05) is 30.5 Å². The van der Waals surface area contributed by atoms with Gasteiger partial charge in [0.05, 0.1) is 11.3 Å². The molecule has 2 aliphatic rings. The van der Waals surface area contributed by atoms with E-state index in [4.69, 9.17) is 21.2 Å². The Morgan fingerprint density at radius 2 is 2.29 bits per heavy atom. The summed E-state index contributed by atoms with van der Waals surface area (Å²) in [6.07, 6.45) is 2.27. The Bertz CT molecular complexity index is 645. The molecule has 1 aromatic carbocycles. The van der Waals surface area contributed by atoms with Crippen molar-refractivity contribution in [1.82, 2.24) is 5.32 Å². The van der Waals surface area contributed by atoms with Crippen molar-refractivity contribution in [2.75, 3.05) is 6.61 Å². The number of oxime groups is 1. The Balaban J connectivity index is 1.50. The average Bonchev–Trinajstić information content (AvgIpc) is 2.95. The number of hydrogen-bond donors (Lipinski definition) is 1. The Morgan fingerprint density at radius 1 is 1.46 bits per heavy atom. The van der Waals surface area contributed by atoms with Gasteiger partial charge in [0.2, 0.25) is 6.10 Å². The third-order valence-corrected chi connectivity index (χ3v) is 4.60. The molecule has 0 radical (unpaired) electrons. The molecule has 2 aliphatic heterocycles. The monoisotopic (exact) mass is 350 g/mol. The summed E-state index contributed by atoms with van der Waals surface area (Å²) < 4.78 is 5.68. The van der Waals surface area contributed by atoms with Crippen LogP contribution in [0.25, 0.3) is 0 Å². The van der Waals surface area contributed by atoms with Crippen LogP contribution in [-0.2, 0) is 20.8 Å². The molecule has 5 nitrogen and oxygen atoms in total. The Kier molecular flexibility index (Phi) is 5.11. The number of carbonyl (C=O) groups is 1. The highest BCUT2D eigenvalue weighted by atomic mass is 35.5. The Labute approximate surface area is 147 Å². The second-order valence-corrected chi connectivity index (χ2v) is 7.51. The van der Waals surface area contributed by atoms with E-state index in [2.05, 4.69) is 10.5 Å². The quantitative estimate of drug-likeness (QED) is 0.907. The smallest absolute Gasteiger partial charge is 0.264 e. The minimum Gasteiger partial charge on any atom is -0.382 e. The van der Waals surface area contributed by atoms with Crippen molar-refractivity contribution in [3.05, 3.63) is 34.9 Å². The van der Waals surface area contributed by atoms with E-state index in [9.17, 15) is 4.79 Å². The van der Waals surface area contributed by atoms with Gasteiger partial charge in [-0.3, -0.25) is 4.79 Å². The Hall–Kier alpha value is -1.59. The van der Waals surface area contributed by atoms with Crippen molar-refractivity contribution < 1.29 is 14.4 Å². The first-order chi connectivity index (χ1) is 11.4. The summed E-state index contributed by atoms with van der Waals surface area (Å²) in [5, 5.41) is 7.84. The molecule has 2 unspecified atom stereocenters. The van der Waals surface area contributed by atoms with Crippen LogP contribution >= 0.6 is 11.6 Å². The number of carbonyl (C=O) groups excluding carboxylic acids is 1. The lowest BCUT2D eigenvalue weighted by atomic mass is 9.93. The SMILES string of the molecule is CC1(C)CC(NC(=O)C2CC(Cc3cccc(Cl)c3)=NO2)CCO1. The maximum absolute atomic E-state index is 12.4. The summed E-state index contributed by atoms with van der Waals surface area (Å²) in [6, 6.07) is 7.77. The van der Waals surface area contributed by atoms with Crippen molar-refractivity contribution in [2.24, 2.45) is 5.16 Å². The first-order valence-electron chi connectivity index (χ1n) is 8.32. The zero-order valence-corrected chi connectivity index (χ0v) is 14.8. The lowest BCUT2D eigenvalue weighted by Gasteiger charge is -2.36. The molecule has 2 heterocycles. The molecule has 1 fully saturated rings. The third kappa shape index (κ3) is 4.48. The molecule has 1 aromatic rings. The van der Waals surface area contributed by atoms with Crippen LogP contribution in [0.1, 0.15) is 38.7 Å². The van der Waals surface area contributed by atoms with Gasteiger partial charge in [-0.25, -0.2) is 0 Å². The zero-order chi connectivity index (χ0) is 17.2. The normalized spacial score (nSPS) is 25.7. The Morgan fingerprint density at radius 3 is 3.04 bits per heavy atom. The van der Waals surface area contributed by atoms with Crippen LogP contribution < -0.4 is 5.32 Å². The fourth-order valence-electron chi connectivity index (χ4n) is 3.20. The van der Waals surface area contributed by atoms with Crippen molar-refractivity contribution in [3.8, 4) is 0 Å². The predicted molar refractivity (Wildman–Crippen MR) is 93.3 cm³/mol. The summed E-state index contributed by atoms with van der Waals surface area (Å²) in [5.41, 5.74) is 1.74. The van der Waals surface area contributed by atoms with E-state index < -0.39 is 6.10 Å². The highest BCUT2D eigenvalue weighted by molar-refractivity contribution is 6.30. The van der Waals surface area contributed by atoms with E-state index >= 15 is 0 Å². The van der Waals surface area contributed by atoms with Gasteiger partial charge in [-0.2, -0.15) is 0 Å². The standard InChI is InChI=1S/C18H23ClN2O3/c1-18(2)11-14(6-7-23-18)20-17(22)16-10-15(21-24-16)9-12-4-3-5-13(19)8-12/h3-5,8,14,16H,6-7,9-11H2,1-2H3,(H,20,22). The van der Waals surface area contributed by atoms with E-state index in [1.807, 2.05) is 38.1 Å². The first-order valence-corrected chi connectivity index (χ1v) is 8.69. The number of ether oxygens (including phenoxy) is 1. The molecule has 2 atom stereocenters. The van der Waals surface area contributed by atoms with E-state index in [0.29, 0.717) is 24.5 Å². The van der Waals surface area contributed by atoms with Crippen molar-refractivity contribution >= 4 is 23.2 Å². The number of nitrogens with one attached hydrogen (secondary N) is 1. The van der Waals surface area contributed by atoms with Crippen LogP contribution in [0.15, 0.2) is 29.4 Å². The van der Waals surface area contributed by atoms with E-state index in [1.165, 1.54) is 0 Å². The lowest BCUT2D eigenvalue weighted by Crippen LogP contribution is -2.48. The van der Waals surface area contributed by atoms with Crippen LogP contribution in [-0.4, -0.2) is 36.0 Å². The van der Waals surface area contributed by atoms with Gasteiger partial charge in [-0.05, 0) is 44.4 Å². The number of hydrogen-bond acceptors (Lipinski definition) is 4. The second-order valence-electron chi connectivity index (χ2n) is 7.07. The highest BCUT2D eigenvalue weighted by Crippen LogP contribution is 2.24. The van der Waals surface area contributed by atoms with Gasteiger partial charge in [-0.1, -0.05) is 28.9 Å². The van der Waals surface area contributed by atoms with Gasteiger partial charge in [-0.15, -0.1) is 0 Å². The average molecular weight is 351 g/mol. The van der Waals surface area contributed by atoms with Crippen LogP contribution in [0.2, 0.25) is 5.02 Å². The number of benzene rings is 1. The molecule has 1 saturated heterocycles. The van der Waals surface area contributed by atoms with Gasteiger partial charge < -0.3 is 14.9 Å². The number of halogens is 1. The molecule has 0 saturated carbocycles.